The Morgan fingerprint density at radius 3 is 2.33 bits per heavy atom. The zero-order chi connectivity index (χ0) is 9.30. The van der Waals surface area contributed by atoms with Crippen molar-refractivity contribution in [1.82, 2.24) is 0 Å². The van der Waals surface area contributed by atoms with Gasteiger partial charge in [0.25, 0.3) is 0 Å². The summed E-state index contributed by atoms with van der Waals surface area (Å²) in [5.74, 6) is -6.20. The minimum absolute atomic E-state index is 0.424. The quantitative estimate of drug-likeness (QED) is 0.606. The molecule has 1 aromatic carbocycles. The number of aromatic hydroxyl groups is 1. The van der Waals surface area contributed by atoms with Gasteiger partial charge in [0.15, 0.2) is 17.4 Å². The van der Waals surface area contributed by atoms with Gasteiger partial charge in [-0.1, -0.05) is 0 Å². The maximum absolute atomic E-state index is 12.4. The van der Waals surface area contributed by atoms with Gasteiger partial charge in [-0.05, 0) is 6.07 Å². The zero-order valence-corrected chi connectivity index (χ0v) is 5.61. The van der Waals surface area contributed by atoms with Crippen molar-refractivity contribution in [2.24, 2.45) is 0 Å². The fourth-order valence-corrected chi connectivity index (χ4v) is 0.671. The fraction of sp³-hybridized carbons (Fsp3) is 0. The molecule has 1 rings (SSSR count). The first-order valence-corrected chi connectivity index (χ1v) is 2.84. The standard InChI is InChI=1S/C7H2F3NO/c8-4-1-3(2-11)7(12)6(10)5(4)9/h1,12H. The summed E-state index contributed by atoms with van der Waals surface area (Å²) in [5, 5.41) is 16.9. The molecule has 1 aromatic rings. The minimum atomic E-state index is -1.79. The molecule has 1 N–H and O–H groups in total. The number of rotatable bonds is 0. The van der Waals surface area contributed by atoms with Crippen molar-refractivity contribution in [2.75, 3.05) is 0 Å². The predicted octanol–water partition coefficient (Wildman–Crippen LogP) is 1.68. The van der Waals surface area contributed by atoms with E-state index in [0.717, 1.165) is 0 Å². The third-order valence-electron chi connectivity index (χ3n) is 1.26. The predicted molar refractivity (Wildman–Crippen MR) is 32.7 cm³/mol. The van der Waals surface area contributed by atoms with Crippen molar-refractivity contribution in [3.63, 3.8) is 0 Å². The molecule has 62 valence electrons. The number of benzene rings is 1. The molecule has 0 atom stereocenters. The molecule has 0 saturated carbocycles. The molecule has 0 heterocycles. The third kappa shape index (κ3) is 1.07. The van der Waals surface area contributed by atoms with Gasteiger partial charge in [-0.3, -0.25) is 0 Å². The summed E-state index contributed by atoms with van der Waals surface area (Å²) in [6.07, 6.45) is 0. The molecule has 0 spiro atoms. The van der Waals surface area contributed by atoms with E-state index >= 15 is 0 Å². The van der Waals surface area contributed by atoms with Crippen molar-refractivity contribution in [1.29, 1.82) is 5.26 Å². The number of phenolic OH excluding ortho intramolecular Hbond substituents is 1. The van der Waals surface area contributed by atoms with E-state index in [1.54, 1.807) is 0 Å². The number of halogens is 3. The van der Waals surface area contributed by atoms with Crippen molar-refractivity contribution in [2.45, 2.75) is 0 Å². The molecule has 0 amide bonds. The fourth-order valence-electron chi connectivity index (χ4n) is 0.671. The van der Waals surface area contributed by atoms with Gasteiger partial charge in [-0.2, -0.15) is 9.65 Å². The number of hydrogen-bond donors (Lipinski definition) is 1. The Labute approximate surface area is 65.5 Å². The van der Waals surface area contributed by atoms with Crippen LogP contribution in [0.4, 0.5) is 13.2 Å². The Morgan fingerprint density at radius 2 is 1.83 bits per heavy atom. The zero-order valence-electron chi connectivity index (χ0n) is 5.61. The first kappa shape index (κ1) is 8.40. The molecule has 12 heavy (non-hydrogen) atoms. The van der Waals surface area contributed by atoms with Crippen LogP contribution in [0.25, 0.3) is 0 Å². The van der Waals surface area contributed by atoms with E-state index in [2.05, 4.69) is 0 Å². The minimum Gasteiger partial charge on any atom is -0.504 e. The van der Waals surface area contributed by atoms with Crippen LogP contribution < -0.4 is 0 Å². The summed E-state index contributed by atoms with van der Waals surface area (Å²) in [6, 6.07) is 1.73. The second-order valence-electron chi connectivity index (χ2n) is 1.99. The number of hydrogen-bond acceptors (Lipinski definition) is 2. The second-order valence-corrected chi connectivity index (χ2v) is 1.99. The first-order valence-electron chi connectivity index (χ1n) is 2.84. The van der Waals surface area contributed by atoms with Gasteiger partial charge in [0.05, 0.1) is 5.56 Å². The van der Waals surface area contributed by atoms with Crippen LogP contribution >= 0.6 is 0 Å². The molecule has 0 aliphatic rings. The van der Waals surface area contributed by atoms with Crippen LogP contribution in [0.2, 0.25) is 0 Å². The lowest BCUT2D eigenvalue weighted by atomic mass is 10.2. The maximum atomic E-state index is 12.4. The first-order chi connectivity index (χ1) is 5.57. The van der Waals surface area contributed by atoms with E-state index in [1.807, 2.05) is 0 Å². The molecule has 0 fully saturated rings. The highest BCUT2D eigenvalue weighted by atomic mass is 19.2. The molecule has 5 heteroatoms. The second kappa shape index (κ2) is 2.74. The molecule has 0 saturated heterocycles. The van der Waals surface area contributed by atoms with Crippen LogP contribution in [-0.2, 0) is 0 Å². The van der Waals surface area contributed by atoms with Gasteiger partial charge in [0, 0.05) is 0 Å². The van der Waals surface area contributed by atoms with Crippen LogP contribution in [0.5, 0.6) is 5.75 Å². The lowest BCUT2D eigenvalue weighted by Gasteiger charge is -1.99. The highest BCUT2D eigenvalue weighted by Crippen LogP contribution is 2.24. The largest absolute Gasteiger partial charge is 0.504 e. The molecule has 2 nitrogen and oxygen atoms in total. The Balaban J connectivity index is 3.52. The van der Waals surface area contributed by atoms with Gasteiger partial charge >= 0.3 is 0 Å². The van der Waals surface area contributed by atoms with Crippen LogP contribution in [0.1, 0.15) is 5.56 Å². The van der Waals surface area contributed by atoms with Gasteiger partial charge in [-0.25, -0.2) is 8.78 Å². The Kier molecular flexibility index (Phi) is 1.92. The van der Waals surface area contributed by atoms with Crippen LogP contribution in [0.3, 0.4) is 0 Å². The summed E-state index contributed by atoms with van der Waals surface area (Å²) in [5.41, 5.74) is -0.633. The monoisotopic (exact) mass is 173 g/mol. The Hall–Kier alpha value is -1.70. The molecule has 0 radical (unpaired) electrons. The van der Waals surface area contributed by atoms with Crippen molar-refractivity contribution in [3.05, 3.63) is 29.1 Å². The average Bonchev–Trinajstić information content (AvgIpc) is 2.08. The van der Waals surface area contributed by atoms with E-state index in [9.17, 15) is 13.2 Å². The summed E-state index contributed by atoms with van der Waals surface area (Å²) in [7, 11) is 0. The van der Waals surface area contributed by atoms with E-state index in [-0.39, 0.29) is 0 Å². The molecule has 0 aliphatic carbocycles. The van der Waals surface area contributed by atoms with Crippen molar-refractivity contribution >= 4 is 0 Å². The Morgan fingerprint density at radius 1 is 1.25 bits per heavy atom. The van der Waals surface area contributed by atoms with Crippen LogP contribution in [-0.4, -0.2) is 5.11 Å². The van der Waals surface area contributed by atoms with Gasteiger partial charge in [0.2, 0.25) is 5.82 Å². The number of nitriles is 1. The van der Waals surface area contributed by atoms with Gasteiger partial charge < -0.3 is 5.11 Å². The van der Waals surface area contributed by atoms with Crippen LogP contribution in [0, 0.1) is 28.8 Å². The summed E-state index contributed by atoms with van der Waals surface area (Å²) >= 11 is 0. The maximum Gasteiger partial charge on any atom is 0.204 e. The molecule has 0 aliphatic heterocycles. The normalized spacial score (nSPS) is 9.50. The summed E-state index contributed by atoms with van der Waals surface area (Å²) in [6.45, 7) is 0. The lowest BCUT2D eigenvalue weighted by Crippen LogP contribution is -1.93. The number of nitrogens with zero attached hydrogens (tertiary/aromatic N) is 1. The van der Waals surface area contributed by atoms with E-state index < -0.39 is 28.8 Å². The molecule has 0 bridgehead atoms. The summed E-state index contributed by atoms with van der Waals surface area (Å²) in [4.78, 5) is 0. The van der Waals surface area contributed by atoms with E-state index in [4.69, 9.17) is 10.4 Å². The van der Waals surface area contributed by atoms with E-state index in [0.29, 0.717) is 6.07 Å². The van der Waals surface area contributed by atoms with Gasteiger partial charge in [-0.15, -0.1) is 0 Å². The highest BCUT2D eigenvalue weighted by Gasteiger charge is 2.17. The topological polar surface area (TPSA) is 44.0 Å². The molecular formula is C7H2F3NO. The van der Waals surface area contributed by atoms with Gasteiger partial charge in [0.1, 0.15) is 6.07 Å². The number of phenols is 1. The smallest absolute Gasteiger partial charge is 0.204 e. The van der Waals surface area contributed by atoms with Crippen molar-refractivity contribution in [3.8, 4) is 11.8 Å². The van der Waals surface area contributed by atoms with Crippen molar-refractivity contribution < 1.29 is 18.3 Å². The van der Waals surface area contributed by atoms with Crippen LogP contribution in [0.15, 0.2) is 6.07 Å². The average molecular weight is 173 g/mol. The third-order valence-corrected chi connectivity index (χ3v) is 1.26. The molecular weight excluding hydrogens is 171 g/mol. The molecule has 0 unspecified atom stereocenters. The summed E-state index contributed by atoms with van der Waals surface area (Å²) < 4.78 is 37.0. The van der Waals surface area contributed by atoms with E-state index in [1.165, 1.54) is 6.07 Å². The molecule has 0 aromatic heterocycles. The lowest BCUT2D eigenvalue weighted by molar-refractivity contribution is 0.385. The Bertz CT molecular complexity index is 370. The highest BCUT2D eigenvalue weighted by molar-refractivity contribution is 5.43. The SMILES string of the molecule is N#Cc1cc(F)c(F)c(F)c1O.